The van der Waals surface area contributed by atoms with Crippen molar-refractivity contribution in [3.63, 3.8) is 0 Å². The van der Waals surface area contributed by atoms with E-state index in [2.05, 4.69) is 15.9 Å². The monoisotopic (exact) mass is 432 g/mol. The van der Waals surface area contributed by atoms with Gasteiger partial charge in [0.1, 0.15) is 16.0 Å². The Morgan fingerprint density at radius 1 is 1.43 bits per heavy atom. The van der Waals surface area contributed by atoms with Gasteiger partial charge in [-0.3, -0.25) is 0 Å². The highest BCUT2D eigenvalue weighted by atomic mass is 79.9. The third-order valence-electron chi connectivity index (χ3n) is 2.91. The molecule has 1 unspecified atom stereocenters. The molecular formula is C11H11BrCl2N2O3S2. The number of thiocarbonyl (C=S) groups is 1. The predicted octanol–water partition coefficient (Wildman–Crippen LogP) is 2.43. The summed E-state index contributed by atoms with van der Waals surface area (Å²) < 4.78 is 32.6. The lowest BCUT2D eigenvalue weighted by molar-refractivity contribution is 0.0386. The van der Waals surface area contributed by atoms with Crippen LogP contribution in [-0.4, -0.2) is 43.5 Å². The first-order chi connectivity index (χ1) is 9.73. The van der Waals surface area contributed by atoms with Gasteiger partial charge in [0.2, 0.25) is 10.0 Å². The lowest BCUT2D eigenvalue weighted by Gasteiger charge is -2.31. The van der Waals surface area contributed by atoms with Gasteiger partial charge in [0.15, 0.2) is 0 Å². The third-order valence-corrected chi connectivity index (χ3v) is 6.42. The maximum Gasteiger partial charge on any atom is 0.246 e. The first-order valence-corrected chi connectivity index (χ1v) is 9.19. The van der Waals surface area contributed by atoms with E-state index in [0.717, 1.165) is 0 Å². The van der Waals surface area contributed by atoms with Crippen molar-refractivity contribution in [1.29, 1.82) is 0 Å². The summed E-state index contributed by atoms with van der Waals surface area (Å²) in [6.45, 7) is 0.428. The smallest absolute Gasteiger partial charge is 0.246 e. The van der Waals surface area contributed by atoms with Gasteiger partial charge in [-0.2, -0.15) is 4.31 Å². The molecule has 1 aliphatic heterocycles. The zero-order valence-electron chi connectivity index (χ0n) is 10.6. The van der Waals surface area contributed by atoms with E-state index in [-0.39, 0.29) is 39.6 Å². The maximum absolute atomic E-state index is 12.7. The number of hydrogen-bond donors (Lipinski definition) is 1. The minimum Gasteiger partial charge on any atom is -0.391 e. The number of benzene rings is 1. The van der Waals surface area contributed by atoms with Crippen molar-refractivity contribution in [3.05, 3.63) is 26.7 Å². The van der Waals surface area contributed by atoms with Crippen LogP contribution >= 0.6 is 51.3 Å². The van der Waals surface area contributed by atoms with Crippen molar-refractivity contribution >= 4 is 66.4 Å². The molecule has 1 aromatic carbocycles. The number of sulfonamides is 1. The van der Waals surface area contributed by atoms with Gasteiger partial charge < -0.3 is 10.5 Å². The molecule has 0 saturated carbocycles. The molecule has 0 amide bonds. The lowest BCUT2D eigenvalue weighted by Crippen LogP contribution is -2.49. The highest BCUT2D eigenvalue weighted by Gasteiger charge is 2.34. The number of hydrogen-bond acceptors (Lipinski definition) is 4. The summed E-state index contributed by atoms with van der Waals surface area (Å²) in [5.74, 6) is 0. The molecule has 21 heavy (non-hydrogen) atoms. The zero-order chi connectivity index (χ0) is 15.8. The van der Waals surface area contributed by atoms with Gasteiger partial charge in [0, 0.05) is 17.6 Å². The molecule has 10 heteroatoms. The summed E-state index contributed by atoms with van der Waals surface area (Å²) >= 11 is 20.1. The fourth-order valence-electron chi connectivity index (χ4n) is 1.92. The first kappa shape index (κ1) is 17.4. The van der Waals surface area contributed by atoms with Crippen LogP contribution in [0.4, 0.5) is 0 Å². The van der Waals surface area contributed by atoms with E-state index < -0.39 is 16.1 Å². The molecule has 0 aliphatic carbocycles. The van der Waals surface area contributed by atoms with Gasteiger partial charge in [-0.25, -0.2) is 8.42 Å². The van der Waals surface area contributed by atoms with Gasteiger partial charge in [-0.1, -0.05) is 51.3 Å². The van der Waals surface area contributed by atoms with Crippen LogP contribution < -0.4 is 5.73 Å². The molecule has 1 atom stereocenters. The van der Waals surface area contributed by atoms with Gasteiger partial charge in [-0.05, 0) is 12.1 Å². The Morgan fingerprint density at radius 2 is 2.00 bits per heavy atom. The lowest BCUT2D eigenvalue weighted by atomic mass is 10.3. The number of halogens is 3. The molecule has 1 heterocycles. The van der Waals surface area contributed by atoms with Crippen LogP contribution in [0, 0.1) is 0 Å². The third kappa shape index (κ3) is 3.69. The Balaban J connectivity index is 2.41. The highest BCUT2D eigenvalue weighted by molar-refractivity contribution is 9.10. The Bertz CT molecular complexity index is 661. The second kappa shape index (κ2) is 6.66. The average Bonchev–Trinajstić information content (AvgIpc) is 2.37. The van der Waals surface area contributed by atoms with Crippen LogP contribution in [0.15, 0.2) is 21.5 Å². The van der Waals surface area contributed by atoms with Crippen molar-refractivity contribution in [2.24, 2.45) is 5.73 Å². The fourth-order valence-corrected chi connectivity index (χ4v) is 5.37. The summed E-state index contributed by atoms with van der Waals surface area (Å²) in [6, 6.07) is 2.96. The quantitative estimate of drug-likeness (QED) is 0.741. The van der Waals surface area contributed by atoms with Crippen LogP contribution in [0.2, 0.25) is 10.0 Å². The van der Waals surface area contributed by atoms with Crippen LogP contribution in [0.25, 0.3) is 0 Å². The number of nitrogens with zero attached hydrogens (tertiary/aromatic N) is 1. The van der Waals surface area contributed by atoms with Crippen molar-refractivity contribution in [1.82, 2.24) is 4.31 Å². The maximum atomic E-state index is 12.7. The second-order valence-corrected chi connectivity index (χ2v) is 8.40. The van der Waals surface area contributed by atoms with Crippen LogP contribution in [0.1, 0.15) is 0 Å². The minimum atomic E-state index is -3.85. The standard InChI is InChI=1S/C11H11BrCl2N2O3S2/c12-6-3-7(13)10(8(14)4-6)21(17,18)16-1-2-19-9(5-16)11(15)20/h3-4,9H,1-2,5H2,(H2,15,20). The van der Waals surface area contributed by atoms with E-state index in [9.17, 15) is 8.42 Å². The Hall–Kier alpha value is 0.0400. The van der Waals surface area contributed by atoms with Gasteiger partial charge in [-0.15, -0.1) is 0 Å². The predicted molar refractivity (Wildman–Crippen MR) is 89.4 cm³/mol. The van der Waals surface area contributed by atoms with Crippen molar-refractivity contribution in [3.8, 4) is 0 Å². The van der Waals surface area contributed by atoms with E-state index in [4.69, 9.17) is 45.9 Å². The molecule has 0 spiro atoms. The van der Waals surface area contributed by atoms with E-state index in [1.54, 1.807) is 0 Å². The summed E-state index contributed by atoms with van der Waals surface area (Å²) in [4.78, 5) is -0.0134. The van der Waals surface area contributed by atoms with E-state index in [0.29, 0.717) is 4.47 Å². The van der Waals surface area contributed by atoms with E-state index in [1.807, 2.05) is 0 Å². The molecule has 0 aromatic heterocycles. The summed E-state index contributed by atoms with van der Waals surface area (Å²) in [7, 11) is -3.85. The Morgan fingerprint density at radius 3 is 2.52 bits per heavy atom. The van der Waals surface area contributed by atoms with Crippen molar-refractivity contribution in [2.75, 3.05) is 19.7 Å². The number of ether oxygens (including phenoxy) is 1. The minimum absolute atomic E-state index is 0.0421. The molecule has 0 radical (unpaired) electrons. The summed E-state index contributed by atoms with van der Waals surface area (Å²) in [5, 5.41) is 0.0977. The molecule has 2 rings (SSSR count). The molecule has 116 valence electrons. The normalized spacial score (nSPS) is 20.4. The molecular weight excluding hydrogens is 423 g/mol. The SMILES string of the molecule is NC(=S)C1CN(S(=O)(=O)c2c(Cl)cc(Br)cc2Cl)CCO1. The molecule has 2 N–H and O–H groups in total. The van der Waals surface area contributed by atoms with Crippen LogP contribution in [0.5, 0.6) is 0 Å². The number of morpholine rings is 1. The Kier molecular flexibility index (Phi) is 5.51. The molecule has 1 saturated heterocycles. The molecule has 5 nitrogen and oxygen atoms in total. The molecule has 1 aliphatic rings. The fraction of sp³-hybridized carbons (Fsp3) is 0.364. The largest absolute Gasteiger partial charge is 0.391 e. The van der Waals surface area contributed by atoms with Gasteiger partial charge in [0.25, 0.3) is 0 Å². The van der Waals surface area contributed by atoms with Gasteiger partial charge in [0.05, 0.1) is 16.7 Å². The number of nitrogens with two attached hydrogens (primary N) is 1. The van der Waals surface area contributed by atoms with E-state index in [1.165, 1.54) is 16.4 Å². The topological polar surface area (TPSA) is 72.6 Å². The molecule has 1 aromatic rings. The second-order valence-electron chi connectivity index (χ2n) is 4.32. The van der Waals surface area contributed by atoms with Crippen LogP contribution in [0.3, 0.4) is 0 Å². The van der Waals surface area contributed by atoms with E-state index >= 15 is 0 Å². The zero-order valence-corrected chi connectivity index (χ0v) is 15.3. The summed E-state index contributed by atoms with van der Waals surface area (Å²) in [6.07, 6.45) is -0.614. The van der Waals surface area contributed by atoms with Crippen molar-refractivity contribution < 1.29 is 13.2 Å². The average molecular weight is 434 g/mol. The highest BCUT2D eigenvalue weighted by Crippen LogP contribution is 2.35. The number of rotatable bonds is 3. The Labute approximate surface area is 146 Å². The molecule has 0 bridgehead atoms. The van der Waals surface area contributed by atoms with Crippen molar-refractivity contribution in [2.45, 2.75) is 11.0 Å². The first-order valence-electron chi connectivity index (χ1n) is 5.79. The molecule has 1 fully saturated rings. The van der Waals surface area contributed by atoms with Crippen LogP contribution in [-0.2, 0) is 14.8 Å². The summed E-state index contributed by atoms with van der Waals surface area (Å²) in [5.41, 5.74) is 5.52. The van der Waals surface area contributed by atoms with Gasteiger partial charge >= 0.3 is 0 Å².